The average Bonchev–Trinajstić information content (AvgIpc) is 3.86. The number of ether oxygens (including phenoxy) is 1. The van der Waals surface area contributed by atoms with Crippen molar-refractivity contribution in [2.45, 2.75) is 109 Å². The van der Waals surface area contributed by atoms with Crippen LogP contribution < -0.4 is 35.9 Å². The number of carbonyl (C=O) groups is 3. The first-order chi connectivity index (χ1) is 33.6. The van der Waals surface area contributed by atoms with Gasteiger partial charge in [0.25, 0.3) is 15.6 Å². The summed E-state index contributed by atoms with van der Waals surface area (Å²) in [5.41, 5.74) is 4.07. The Kier molecular flexibility index (Phi) is 26.7. The first kappa shape index (κ1) is 61.3. The summed E-state index contributed by atoms with van der Waals surface area (Å²) in [5, 5.41) is 26.2. The number of amides is 2. The lowest BCUT2D eigenvalue weighted by atomic mass is 9.87. The summed E-state index contributed by atoms with van der Waals surface area (Å²) in [5.74, 6) is -1.26. The van der Waals surface area contributed by atoms with Gasteiger partial charge in [0, 0.05) is 30.7 Å². The predicted octanol–water partition coefficient (Wildman–Crippen LogP) is 2.61. The number of anilines is 1. The van der Waals surface area contributed by atoms with Gasteiger partial charge in [-0.25, -0.2) is 19.3 Å². The van der Waals surface area contributed by atoms with Crippen LogP contribution in [0.25, 0.3) is 11.2 Å². The van der Waals surface area contributed by atoms with E-state index in [0.717, 1.165) is 80.4 Å². The molecule has 2 aromatic rings. The molecule has 0 radical (unpaired) electrons. The van der Waals surface area contributed by atoms with Gasteiger partial charge >= 0.3 is 0 Å². The molecule has 2 aromatic heterocycles. The van der Waals surface area contributed by atoms with E-state index in [0.29, 0.717) is 5.75 Å². The van der Waals surface area contributed by atoms with E-state index in [1.807, 2.05) is 6.08 Å². The topological polar surface area (TPSA) is 375 Å². The number of nitrogens with one attached hydrogen (secondary N) is 2. The SMILES string of the molecule is CC/C=C\C/C=C\C/C=C\C/C=C\C/C=C\CCC/C=C/C(=O)SCCNC(=O)CCNC(=O)[C@H](O)C(C)(C)COP(=O)([O-])OP(=O)([O-])OC[C@H]1O[C@@H](n2cnc3c(N)ncnc32)[C@H](O)[C@@H]1OP(=O)([O-])[O-]. The number of unbranched alkanes of at least 4 members (excludes halogenated alkanes) is 2. The van der Waals surface area contributed by atoms with Crippen molar-refractivity contribution in [2.75, 3.05) is 37.8 Å². The lowest BCUT2D eigenvalue weighted by Crippen LogP contribution is -2.46. The Bertz CT molecular complexity index is 2360. The molecule has 1 aliphatic heterocycles. The summed E-state index contributed by atoms with van der Waals surface area (Å²) in [6.07, 6.45) is 24.4. The third-order valence-electron chi connectivity index (χ3n) is 9.87. The van der Waals surface area contributed by atoms with Gasteiger partial charge in [-0.2, -0.15) is 0 Å². The first-order valence-electron chi connectivity index (χ1n) is 22.5. The molecule has 3 rings (SSSR count). The molecule has 28 heteroatoms. The standard InChI is InChI=1S/C43H66N7O17P3S/c1-4-5-6-7-8-9-10-11-12-13-14-15-16-17-18-19-20-21-22-23-34(52)71-27-26-45-33(51)24-25-46-41(55)38(54)43(2,3)29-64-70(61,62)67-69(59,60)63-28-32-37(66-68(56,57)58)36(53)42(65-32)50-31-49-35-39(44)47-30-48-40(35)50/h5-6,8-9,11-12,14-15,17-18,22-23,30-32,36-38,42,53-54H,4,7,10,13,16,19-21,24-29H2,1-3H3,(H,45,51)(H,46,55)(H,59,60)(H,61,62)(H2,44,47,48)(H2,56,57,58)/p-4/b6-5-,9-8-,12-11-,15-14-,18-17-,23-22+/t32-,36-,37-,38+,42-/m1/s1. The number of phosphoric acid groups is 3. The summed E-state index contributed by atoms with van der Waals surface area (Å²) in [4.78, 5) is 96.8. The molecule has 24 nitrogen and oxygen atoms in total. The Morgan fingerprint density at radius 2 is 1.49 bits per heavy atom. The lowest BCUT2D eigenvalue weighted by molar-refractivity contribution is -0.347. The highest BCUT2D eigenvalue weighted by molar-refractivity contribution is 8.14. The zero-order chi connectivity index (χ0) is 52.5. The summed E-state index contributed by atoms with van der Waals surface area (Å²) in [6, 6.07) is 0. The van der Waals surface area contributed by atoms with Crippen molar-refractivity contribution >= 4 is 69.1 Å². The van der Waals surface area contributed by atoms with Crippen LogP contribution in [0, 0.1) is 5.41 Å². The first-order valence-corrected chi connectivity index (χ1v) is 27.8. The molecule has 1 saturated heterocycles. The molecule has 2 unspecified atom stereocenters. The van der Waals surface area contributed by atoms with Gasteiger partial charge in [-0.3, -0.25) is 28.1 Å². The largest absolute Gasteiger partial charge is 0.790 e. The fourth-order valence-corrected chi connectivity index (χ4v) is 9.54. The summed E-state index contributed by atoms with van der Waals surface area (Å²) in [7, 11) is -17.6. The molecular weight excluding hydrogens is 1010 g/mol. The molecule has 1 aliphatic rings. The molecule has 2 amide bonds. The number of aliphatic hydroxyl groups is 2. The molecule has 0 bridgehead atoms. The van der Waals surface area contributed by atoms with Crippen molar-refractivity contribution in [1.29, 1.82) is 0 Å². The second kappa shape index (κ2) is 30.9. The van der Waals surface area contributed by atoms with E-state index in [4.69, 9.17) is 10.5 Å². The number of aromatic nitrogens is 4. The Hall–Kier alpha value is -4.00. The number of fused-ring (bicyclic) bond motifs is 1. The number of phosphoric ester groups is 3. The molecule has 396 valence electrons. The maximum absolute atomic E-state index is 12.6. The summed E-state index contributed by atoms with van der Waals surface area (Å²) in [6.45, 7) is 2.18. The van der Waals surface area contributed by atoms with Gasteiger partial charge in [0.1, 0.15) is 36.3 Å². The van der Waals surface area contributed by atoms with E-state index in [-0.39, 0.29) is 41.6 Å². The van der Waals surface area contributed by atoms with Gasteiger partial charge in [0.05, 0.1) is 27.4 Å². The van der Waals surface area contributed by atoms with Crippen molar-refractivity contribution in [2.24, 2.45) is 5.41 Å². The fraction of sp³-hybridized carbons (Fsp3) is 0.535. The van der Waals surface area contributed by atoms with E-state index in [2.05, 4.69) is 111 Å². The zero-order valence-electron chi connectivity index (χ0n) is 39.5. The van der Waals surface area contributed by atoms with Crippen LogP contribution in [-0.4, -0.2) is 103 Å². The van der Waals surface area contributed by atoms with Crippen molar-refractivity contribution in [3.05, 3.63) is 85.6 Å². The second-order valence-electron chi connectivity index (χ2n) is 16.2. The number of nitrogens with two attached hydrogens (primary N) is 1. The number of imidazole rings is 1. The maximum atomic E-state index is 12.6. The van der Waals surface area contributed by atoms with Crippen molar-refractivity contribution in [1.82, 2.24) is 30.2 Å². The van der Waals surface area contributed by atoms with E-state index >= 15 is 0 Å². The molecule has 0 spiro atoms. The second-order valence-corrected chi connectivity index (χ2v) is 21.4. The quantitative estimate of drug-likeness (QED) is 0.0297. The molecular formula is C43H62N7O17P3S-4. The van der Waals surface area contributed by atoms with Crippen molar-refractivity contribution in [3.63, 3.8) is 0 Å². The molecule has 0 aromatic carbocycles. The fourth-order valence-electron chi connectivity index (χ4n) is 6.21. The minimum atomic E-state index is -5.93. The highest BCUT2D eigenvalue weighted by Gasteiger charge is 2.47. The van der Waals surface area contributed by atoms with E-state index in [1.54, 1.807) is 0 Å². The lowest BCUT2D eigenvalue weighted by Gasteiger charge is -2.36. The average molecular weight is 1070 g/mol. The van der Waals surface area contributed by atoms with Crippen LogP contribution in [-0.2, 0) is 50.7 Å². The third kappa shape index (κ3) is 23.6. The number of aliphatic hydroxyl groups excluding tert-OH is 2. The molecule has 7 atom stereocenters. The molecule has 0 aliphatic carbocycles. The number of hydrogen-bond acceptors (Lipinski definition) is 22. The van der Waals surface area contributed by atoms with Crippen LogP contribution in [0.3, 0.4) is 0 Å². The Labute approximate surface area is 416 Å². The maximum Gasteiger partial charge on any atom is 0.274 e. The van der Waals surface area contributed by atoms with E-state index < -0.39 is 84.6 Å². The highest BCUT2D eigenvalue weighted by Crippen LogP contribution is 2.56. The molecule has 3 heterocycles. The number of allylic oxidation sites excluding steroid dienone is 11. The highest BCUT2D eigenvalue weighted by atomic mass is 32.2. The Morgan fingerprint density at radius 1 is 0.887 bits per heavy atom. The van der Waals surface area contributed by atoms with Crippen LogP contribution >= 0.6 is 35.2 Å². The van der Waals surface area contributed by atoms with Crippen LogP contribution in [0.5, 0.6) is 0 Å². The zero-order valence-corrected chi connectivity index (χ0v) is 43.0. The van der Waals surface area contributed by atoms with Gasteiger partial charge in [-0.15, -0.1) is 0 Å². The van der Waals surface area contributed by atoms with E-state index in [1.165, 1.54) is 19.9 Å². The number of hydrogen-bond donors (Lipinski definition) is 5. The molecule has 1 fully saturated rings. The molecule has 6 N–H and O–H groups in total. The van der Waals surface area contributed by atoms with Crippen LogP contribution in [0.4, 0.5) is 5.82 Å². The third-order valence-corrected chi connectivity index (χ3v) is 13.7. The van der Waals surface area contributed by atoms with Gasteiger partial charge in [-0.05, 0) is 57.4 Å². The van der Waals surface area contributed by atoms with Crippen LogP contribution in [0.1, 0.15) is 84.8 Å². The minimum absolute atomic E-state index is 0.0229. The van der Waals surface area contributed by atoms with Gasteiger partial charge in [0.15, 0.2) is 17.7 Å². The van der Waals surface area contributed by atoms with Gasteiger partial charge in [0.2, 0.25) is 16.9 Å². The number of nitrogen functional groups attached to an aromatic ring is 1. The number of rotatable bonds is 33. The van der Waals surface area contributed by atoms with Gasteiger partial charge < -0.3 is 69.0 Å². The number of carbonyl (C=O) groups excluding carboxylic acids is 3. The van der Waals surface area contributed by atoms with Crippen LogP contribution in [0.2, 0.25) is 0 Å². The Morgan fingerprint density at radius 3 is 2.13 bits per heavy atom. The summed E-state index contributed by atoms with van der Waals surface area (Å²) >= 11 is 1.03. The molecule has 0 saturated carbocycles. The van der Waals surface area contributed by atoms with Crippen LogP contribution in [0.15, 0.2) is 85.6 Å². The minimum Gasteiger partial charge on any atom is -0.790 e. The Balaban J connectivity index is 1.30. The van der Waals surface area contributed by atoms with E-state index in [9.17, 15) is 57.9 Å². The summed E-state index contributed by atoms with van der Waals surface area (Å²) < 4.78 is 60.8. The number of thioether (sulfide) groups is 1. The monoisotopic (exact) mass is 1070 g/mol. The molecule has 71 heavy (non-hydrogen) atoms. The number of nitrogens with zero attached hydrogens (tertiary/aromatic N) is 4. The van der Waals surface area contributed by atoms with Gasteiger partial charge in [-0.1, -0.05) is 99.4 Å². The predicted molar refractivity (Wildman–Crippen MR) is 256 cm³/mol. The van der Waals surface area contributed by atoms with Crippen molar-refractivity contribution < 1.29 is 80.5 Å². The normalized spacial score (nSPS) is 20.3. The smallest absolute Gasteiger partial charge is 0.274 e. The van der Waals surface area contributed by atoms with Crippen molar-refractivity contribution in [3.8, 4) is 0 Å².